The minimum absolute atomic E-state index is 0.107. The Hall–Kier alpha value is -1.46. The fraction of sp³-hybridized carbons (Fsp3) is 0.905. The molecule has 0 aromatic rings. The monoisotopic (exact) mass is 386 g/mol. The van der Waals surface area contributed by atoms with Gasteiger partial charge in [0.2, 0.25) is 5.96 Å². The van der Waals surface area contributed by atoms with Crippen LogP contribution < -0.4 is 16.9 Å². The largest absolute Gasteiger partial charge is 0.481 e. The number of nitrogens with two attached hydrogens (primary N) is 2. The van der Waals surface area contributed by atoms with Crippen molar-refractivity contribution in [2.24, 2.45) is 16.6 Å². The molecule has 0 saturated heterocycles. The number of rotatable bonds is 18. The zero-order chi connectivity index (χ0) is 20.6. The van der Waals surface area contributed by atoms with Crippen molar-refractivity contribution in [3.05, 3.63) is 0 Å². The van der Waals surface area contributed by atoms with Gasteiger partial charge in [0.15, 0.2) is 0 Å². The maximum atomic E-state index is 10.1. The molecular weight excluding hydrogens is 340 g/mol. The number of carboxylic acid groups (broad SMARTS) is 1. The molecule has 0 aliphatic rings. The summed E-state index contributed by atoms with van der Waals surface area (Å²) in [6.45, 7) is 5.30. The Labute approximate surface area is 167 Å². The van der Waals surface area contributed by atoms with Crippen LogP contribution >= 0.6 is 0 Å². The topological polar surface area (TPSA) is 114 Å². The molecule has 162 valence electrons. The van der Waals surface area contributed by atoms with E-state index in [1.165, 1.54) is 77.0 Å². The molecule has 0 fully saturated rings. The molecule has 0 saturated carbocycles. The van der Waals surface area contributed by atoms with Crippen molar-refractivity contribution in [2.45, 2.75) is 117 Å². The average molecular weight is 387 g/mol. The summed E-state index contributed by atoms with van der Waals surface area (Å²) in [6.07, 6.45) is 19.3. The minimum atomic E-state index is -0.666. The first-order valence-electron chi connectivity index (χ1n) is 11.1. The molecule has 0 unspecified atom stereocenters. The van der Waals surface area contributed by atoms with E-state index in [0.717, 1.165) is 25.8 Å². The van der Waals surface area contributed by atoms with Crippen molar-refractivity contribution in [1.82, 2.24) is 5.43 Å². The molecule has 0 aromatic heterocycles. The van der Waals surface area contributed by atoms with E-state index in [1.807, 2.05) is 0 Å². The van der Waals surface area contributed by atoms with Gasteiger partial charge in [-0.25, -0.2) is 0 Å². The normalized spacial score (nSPS) is 10.0. The van der Waals surface area contributed by atoms with E-state index < -0.39 is 5.97 Å². The van der Waals surface area contributed by atoms with Crippen LogP contribution in [0.5, 0.6) is 0 Å². The molecule has 6 nitrogen and oxygen atoms in total. The third-order valence-corrected chi connectivity index (χ3v) is 4.34. The van der Waals surface area contributed by atoms with Gasteiger partial charge in [-0.05, 0) is 12.8 Å². The molecule has 0 heterocycles. The van der Waals surface area contributed by atoms with Gasteiger partial charge in [0.25, 0.3) is 0 Å². The quantitative estimate of drug-likeness (QED) is 0.113. The number of hydrogen-bond donors (Lipinski definition) is 4. The van der Waals surface area contributed by atoms with Gasteiger partial charge in [0.1, 0.15) is 0 Å². The van der Waals surface area contributed by atoms with Crippen molar-refractivity contribution in [3.8, 4) is 0 Å². The third kappa shape index (κ3) is 32.7. The Kier molecular flexibility index (Phi) is 25.2. The molecule has 0 bridgehead atoms. The Morgan fingerprint density at radius 1 is 0.741 bits per heavy atom. The average Bonchev–Trinajstić information content (AvgIpc) is 2.63. The van der Waals surface area contributed by atoms with Gasteiger partial charge in [-0.2, -0.15) is 0 Å². The molecular formula is C21H46N4O2. The van der Waals surface area contributed by atoms with Crippen molar-refractivity contribution >= 4 is 11.9 Å². The van der Waals surface area contributed by atoms with Crippen LogP contribution in [0, 0.1) is 0 Å². The minimum Gasteiger partial charge on any atom is -0.481 e. The van der Waals surface area contributed by atoms with E-state index in [-0.39, 0.29) is 5.96 Å². The van der Waals surface area contributed by atoms with Crippen molar-refractivity contribution in [3.63, 3.8) is 0 Å². The van der Waals surface area contributed by atoms with E-state index in [0.29, 0.717) is 6.42 Å². The first-order chi connectivity index (χ1) is 13.0. The first-order valence-corrected chi connectivity index (χ1v) is 11.1. The predicted molar refractivity (Wildman–Crippen MR) is 117 cm³/mol. The molecule has 0 aliphatic heterocycles. The molecule has 0 aliphatic carbocycles. The summed E-state index contributed by atoms with van der Waals surface area (Å²) in [5, 5.41) is 12.0. The van der Waals surface area contributed by atoms with Gasteiger partial charge in [-0.3, -0.25) is 4.79 Å². The van der Waals surface area contributed by atoms with Crippen LogP contribution in [0.15, 0.2) is 5.10 Å². The Balaban J connectivity index is 0. The van der Waals surface area contributed by atoms with Crippen molar-refractivity contribution in [1.29, 1.82) is 0 Å². The number of unbranched alkanes of at least 4 members (excludes halogenated alkanes) is 13. The summed E-state index contributed by atoms with van der Waals surface area (Å²) in [5.41, 5.74) is 13.2. The van der Waals surface area contributed by atoms with Gasteiger partial charge in [0.05, 0.1) is 0 Å². The van der Waals surface area contributed by atoms with Crippen LogP contribution in [0.1, 0.15) is 117 Å². The van der Waals surface area contributed by atoms with Gasteiger partial charge < -0.3 is 22.0 Å². The summed E-state index contributed by atoms with van der Waals surface area (Å²) < 4.78 is 0. The van der Waals surface area contributed by atoms with Crippen LogP contribution in [0.25, 0.3) is 0 Å². The molecule has 27 heavy (non-hydrogen) atoms. The summed E-state index contributed by atoms with van der Waals surface area (Å²) >= 11 is 0. The van der Waals surface area contributed by atoms with E-state index in [2.05, 4.69) is 24.4 Å². The molecule has 0 amide bonds. The fourth-order valence-corrected chi connectivity index (χ4v) is 2.72. The molecule has 0 aromatic carbocycles. The molecule has 0 spiro atoms. The lowest BCUT2D eigenvalue weighted by Gasteiger charge is -2.02. The Bertz CT molecular complexity index is 332. The molecule has 0 radical (unpaired) electrons. The number of nitrogens with zero attached hydrogens (tertiary/aromatic N) is 1. The van der Waals surface area contributed by atoms with E-state index in [1.54, 1.807) is 0 Å². The lowest BCUT2D eigenvalue weighted by atomic mass is 10.1. The van der Waals surface area contributed by atoms with E-state index >= 15 is 0 Å². The zero-order valence-corrected chi connectivity index (χ0v) is 18.0. The number of carbonyl (C=O) groups is 1. The number of hydrogen-bond acceptors (Lipinski definition) is 3. The summed E-state index contributed by atoms with van der Waals surface area (Å²) in [7, 11) is 0. The molecule has 6 N–H and O–H groups in total. The number of aliphatic carboxylic acids is 1. The van der Waals surface area contributed by atoms with Gasteiger partial charge in [0, 0.05) is 13.0 Å². The Morgan fingerprint density at radius 2 is 1.15 bits per heavy atom. The SMILES string of the molecule is CCCCCCCCC(=O)O.CCCCCCCCCCCNN=C(N)N. The van der Waals surface area contributed by atoms with Gasteiger partial charge in [-0.1, -0.05) is 97.3 Å². The number of hydrazone groups is 1. The molecule has 0 rings (SSSR count). The molecule has 6 heteroatoms. The van der Waals surface area contributed by atoms with Crippen molar-refractivity contribution < 1.29 is 9.90 Å². The summed E-state index contributed by atoms with van der Waals surface area (Å²) in [5.74, 6) is -0.559. The lowest BCUT2D eigenvalue weighted by Crippen LogP contribution is -2.26. The van der Waals surface area contributed by atoms with Crippen LogP contribution in [-0.4, -0.2) is 23.6 Å². The predicted octanol–water partition coefficient (Wildman–Crippen LogP) is 5.12. The number of guanidine groups is 1. The standard InChI is InChI=1S/C12H28N4.C9H18O2/c1-2-3-4-5-6-7-8-9-10-11-15-16-12(13)14;1-2-3-4-5-6-7-8-9(10)11/h15H,2-11H2,1H3,(H4,13,14,16);2-8H2,1H3,(H,10,11). The van der Waals surface area contributed by atoms with Gasteiger partial charge in [-0.15, -0.1) is 5.10 Å². The van der Waals surface area contributed by atoms with E-state index in [9.17, 15) is 4.79 Å². The second kappa shape index (κ2) is 24.5. The highest BCUT2D eigenvalue weighted by molar-refractivity contribution is 5.75. The maximum absolute atomic E-state index is 10.1. The van der Waals surface area contributed by atoms with Gasteiger partial charge >= 0.3 is 5.97 Å². The second-order valence-electron chi connectivity index (χ2n) is 7.18. The van der Waals surface area contributed by atoms with Crippen LogP contribution in [0.2, 0.25) is 0 Å². The fourth-order valence-electron chi connectivity index (χ4n) is 2.72. The summed E-state index contributed by atoms with van der Waals surface area (Å²) in [4.78, 5) is 10.1. The third-order valence-electron chi connectivity index (χ3n) is 4.34. The smallest absolute Gasteiger partial charge is 0.303 e. The number of carboxylic acids is 1. The maximum Gasteiger partial charge on any atom is 0.303 e. The van der Waals surface area contributed by atoms with E-state index in [4.69, 9.17) is 16.6 Å². The highest BCUT2D eigenvalue weighted by atomic mass is 16.4. The van der Waals surface area contributed by atoms with Crippen LogP contribution in [-0.2, 0) is 4.79 Å². The molecule has 0 atom stereocenters. The second-order valence-corrected chi connectivity index (χ2v) is 7.18. The first kappa shape index (κ1) is 27.8. The zero-order valence-electron chi connectivity index (χ0n) is 18.0. The highest BCUT2D eigenvalue weighted by Gasteiger charge is 1.95. The van der Waals surface area contributed by atoms with Crippen LogP contribution in [0.4, 0.5) is 0 Å². The highest BCUT2D eigenvalue weighted by Crippen LogP contribution is 2.09. The lowest BCUT2D eigenvalue weighted by molar-refractivity contribution is -0.137. The van der Waals surface area contributed by atoms with Crippen molar-refractivity contribution in [2.75, 3.05) is 6.54 Å². The summed E-state index contributed by atoms with van der Waals surface area (Å²) in [6, 6.07) is 0. The Morgan fingerprint density at radius 3 is 1.56 bits per heavy atom. The van der Waals surface area contributed by atoms with Crippen LogP contribution in [0.3, 0.4) is 0 Å². The number of nitrogens with one attached hydrogen (secondary N) is 1.